The van der Waals surface area contributed by atoms with E-state index in [0.717, 1.165) is 11.1 Å². The predicted octanol–water partition coefficient (Wildman–Crippen LogP) is 4.66. The van der Waals surface area contributed by atoms with E-state index >= 15 is 0 Å². The number of ether oxygens (including phenoxy) is 1. The van der Waals surface area contributed by atoms with E-state index in [0.29, 0.717) is 17.1 Å². The number of halogens is 1. The molecule has 1 aromatic heterocycles. The number of carbonyl (C=O) groups is 2. The van der Waals surface area contributed by atoms with Crippen molar-refractivity contribution in [2.75, 3.05) is 11.9 Å². The Morgan fingerprint density at radius 2 is 1.55 bits per heavy atom. The highest BCUT2D eigenvalue weighted by molar-refractivity contribution is 5.93. The summed E-state index contributed by atoms with van der Waals surface area (Å²) in [7, 11) is 0. The van der Waals surface area contributed by atoms with E-state index in [-0.39, 0.29) is 24.5 Å². The Morgan fingerprint density at radius 3 is 2.27 bits per heavy atom. The lowest BCUT2D eigenvalue weighted by atomic mass is 10.1. The summed E-state index contributed by atoms with van der Waals surface area (Å²) in [6.45, 7) is -0.399. The zero-order chi connectivity index (χ0) is 23.0. The van der Waals surface area contributed by atoms with Crippen LogP contribution in [0.4, 0.5) is 10.1 Å². The number of nitrogens with zero attached hydrogens (tertiary/aromatic N) is 2. The van der Waals surface area contributed by atoms with E-state index in [1.165, 1.54) is 24.3 Å². The summed E-state index contributed by atoms with van der Waals surface area (Å²) in [5.41, 5.74) is 3.32. The van der Waals surface area contributed by atoms with Crippen molar-refractivity contribution in [1.29, 1.82) is 0 Å². The van der Waals surface area contributed by atoms with Crippen LogP contribution in [0.2, 0.25) is 0 Å². The first-order chi connectivity index (χ1) is 16.1. The van der Waals surface area contributed by atoms with E-state index in [4.69, 9.17) is 9.26 Å². The minimum absolute atomic E-state index is 0.0237. The summed E-state index contributed by atoms with van der Waals surface area (Å²) in [6.07, 6.45) is 0.139. The van der Waals surface area contributed by atoms with Crippen LogP contribution >= 0.6 is 0 Å². The Labute approximate surface area is 189 Å². The minimum Gasteiger partial charge on any atom is -0.456 e. The molecule has 0 aliphatic rings. The topological polar surface area (TPSA) is 94.3 Å². The summed E-state index contributed by atoms with van der Waals surface area (Å²) < 4.78 is 23.1. The molecule has 0 spiro atoms. The van der Waals surface area contributed by atoms with Gasteiger partial charge >= 0.3 is 5.97 Å². The van der Waals surface area contributed by atoms with E-state index in [2.05, 4.69) is 15.5 Å². The number of aryl methyl sites for hydroxylation is 1. The first-order valence-electron chi connectivity index (χ1n) is 10.3. The molecule has 8 heteroatoms. The summed E-state index contributed by atoms with van der Waals surface area (Å²) in [5.74, 6) is -0.818. The van der Waals surface area contributed by atoms with Gasteiger partial charge in [0, 0.05) is 17.7 Å². The second kappa shape index (κ2) is 10.3. The van der Waals surface area contributed by atoms with Gasteiger partial charge in [-0.05, 0) is 47.5 Å². The molecule has 0 saturated heterocycles. The van der Waals surface area contributed by atoms with Gasteiger partial charge in [0.05, 0.1) is 6.42 Å². The number of esters is 1. The summed E-state index contributed by atoms with van der Waals surface area (Å²) in [5, 5.41) is 6.51. The minimum atomic E-state index is -0.564. The SMILES string of the molecule is O=C(COC(=O)CCc1nc(-c2ccc(F)cc2)no1)Nc1ccc(-c2ccccc2)cc1. The van der Waals surface area contributed by atoms with Gasteiger partial charge in [0.25, 0.3) is 5.91 Å². The molecule has 0 atom stereocenters. The lowest BCUT2D eigenvalue weighted by molar-refractivity contribution is -0.147. The molecule has 0 unspecified atom stereocenters. The Morgan fingerprint density at radius 1 is 0.879 bits per heavy atom. The first-order valence-corrected chi connectivity index (χ1v) is 10.3. The molecule has 0 bridgehead atoms. The van der Waals surface area contributed by atoms with Crippen LogP contribution < -0.4 is 5.32 Å². The molecule has 1 N–H and O–H groups in total. The number of hydrogen-bond donors (Lipinski definition) is 1. The van der Waals surface area contributed by atoms with Crippen LogP contribution in [0, 0.1) is 5.82 Å². The second-order valence-corrected chi connectivity index (χ2v) is 7.17. The Kier molecular flexibility index (Phi) is 6.84. The molecule has 4 rings (SSSR count). The van der Waals surface area contributed by atoms with Gasteiger partial charge in [0.2, 0.25) is 11.7 Å². The van der Waals surface area contributed by atoms with Crippen molar-refractivity contribution in [3.05, 3.63) is 90.6 Å². The summed E-state index contributed by atoms with van der Waals surface area (Å²) >= 11 is 0. The lowest BCUT2D eigenvalue weighted by Gasteiger charge is -2.07. The van der Waals surface area contributed by atoms with E-state index < -0.39 is 18.5 Å². The van der Waals surface area contributed by atoms with E-state index in [9.17, 15) is 14.0 Å². The van der Waals surface area contributed by atoms with Crippen molar-refractivity contribution in [2.45, 2.75) is 12.8 Å². The van der Waals surface area contributed by atoms with Crippen LogP contribution in [0.3, 0.4) is 0 Å². The monoisotopic (exact) mass is 445 g/mol. The molecule has 0 radical (unpaired) electrons. The fourth-order valence-corrected chi connectivity index (χ4v) is 3.07. The molecule has 33 heavy (non-hydrogen) atoms. The summed E-state index contributed by atoms with van der Waals surface area (Å²) in [6, 6.07) is 22.9. The maximum absolute atomic E-state index is 13.0. The number of hydrogen-bond acceptors (Lipinski definition) is 6. The zero-order valence-corrected chi connectivity index (χ0v) is 17.5. The molecule has 0 aliphatic carbocycles. The number of anilines is 1. The van der Waals surface area contributed by atoms with Crippen LogP contribution in [0.25, 0.3) is 22.5 Å². The average Bonchev–Trinajstić information content (AvgIpc) is 3.32. The van der Waals surface area contributed by atoms with Gasteiger partial charge in [-0.1, -0.05) is 47.6 Å². The maximum Gasteiger partial charge on any atom is 0.306 e. The smallest absolute Gasteiger partial charge is 0.306 e. The van der Waals surface area contributed by atoms with Crippen LogP contribution in [-0.2, 0) is 20.7 Å². The molecule has 166 valence electrons. The molecule has 0 aliphatic heterocycles. The number of benzene rings is 3. The lowest BCUT2D eigenvalue weighted by Crippen LogP contribution is -2.21. The quantitative estimate of drug-likeness (QED) is 0.397. The van der Waals surface area contributed by atoms with Crippen LogP contribution in [0.5, 0.6) is 0 Å². The molecule has 3 aromatic carbocycles. The fraction of sp³-hybridized carbons (Fsp3) is 0.120. The highest BCUT2D eigenvalue weighted by Gasteiger charge is 2.13. The Bertz CT molecular complexity index is 1220. The molecule has 0 fully saturated rings. The number of aromatic nitrogens is 2. The maximum atomic E-state index is 13.0. The van der Waals surface area contributed by atoms with Crippen molar-refractivity contribution in [3.8, 4) is 22.5 Å². The highest BCUT2D eigenvalue weighted by atomic mass is 19.1. The van der Waals surface area contributed by atoms with Gasteiger partial charge in [-0.3, -0.25) is 9.59 Å². The van der Waals surface area contributed by atoms with Crippen molar-refractivity contribution >= 4 is 17.6 Å². The molecule has 1 heterocycles. The van der Waals surface area contributed by atoms with Gasteiger partial charge in [0.1, 0.15) is 5.82 Å². The standard InChI is InChI=1S/C25H20FN3O4/c26-20-10-6-19(7-11-20)25-28-23(33-29-25)14-15-24(31)32-16-22(30)27-21-12-8-18(9-13-21)17-4-2-1-3-5-17/h1-13H,14-16H2,(H,27,30). The Hall–Kier alpha value is -4.33. The number of nitrogens with one attached hydrogen (secondary N) is 1. The molecule has 7 nitrogen and oxygen atoms in total. The molecule has 0 saturated carbocycles. The van der Waals surface area contributed by atoms with Gasteiger partial charge in [-0.2, -0.15) is 4.98 Å². The van der Waals surface area contributed by atoms with Crippen molar-refractivity contribution in [2.24, 2.45) is 0 Å². The third-order valence-electron chi connectivity index (χ3n) is 4.75. The average molecular weight is 445 g/mol. The van der Waals surface area contributed by atoms with E-state index in [1.807, 2.05) is 42.5 Å². The van der Waals surface area contributed by atoms with Gasteiger partial charge in [-0.25, -0.2) is 4.39 Å². The predicted molar refractivity (Wildman–Crippen MR) is 119 cm³/mol. The molecular formula is C25H20FN3O4. The first kappa shape index (κ1) is 21.9. The fourth-order valence-electron chi connectivity index (χ4n) is 3.07. The molecule has 4 aromatic rings. The largest absolute Gasteiger partial charge is 0.456 e. The van der Waals surface area contributed by atoms with Gasteiger partial charge in [0.15, 0.2) is 6.61 Å². The summed E-state index contributed by atoms with van der Waals surface area (Å²) in [4.78, 5) is 28.2. The molecule has 1 amide bonds. The number of carbonyl (C=O) groups excluding carboxylic acids is 2. The van der Waals surface area contributed by atoms with E-state index in [1.54, 1.807) is 12.1 Å². The van der Waals surface area contributed by atoms with Gasteiger partial charge < -0.3 is 14.6 Å². The van der Waals surface area contributed by atoms with Crippen molar-refractivity contribution in [1.82, 2.24) is 10.1 Å². The number of amides is 1. The second-order valence-electron chi connectivity index (χ2n) is 7.17. The third-order valence-corrected chi connectivity index (χ3v) is 4.75. The van der Waals surface area contributed by atoms with Crippen LogP contribution in [0.1, 0.15) is 12.3 Å². The Balaban J connectivity index is 1.21. The van der Waals surface area contributed by atoms with Crippen molar-refractivity contribution < 1.29 is 23.2 Å². The normalized spacial score (nSPS) is 10.6. The van der Waals surface area contributed by atoms with Gasteiger partial charge in [-0.15, -0.1) is 0 Å². The third kappa shape index (κ3) is 6.10. The zero-order valence-electron chi connectivity index (χ0n) is 17.5. The van der Waals surface area contributed by atoms with Crippen molar-refractivity contribution in [3.63, 3.8) is 0 Å². The highest BCUT2D eigenvalue weighted by Crippen LogP contribution is 2.21. The molecular weight excluding hydrogens is 425 g/mol. The van der Waals surface area contributed by atoms with Crippen LogP contribution in [-0.4, -0.2) is 28.6 Å². The number of rotatable bonds is 8. The van der Waals surface area contributed by atoms with Crippen LogP contribution in [0.15, 0.2) is 83.4 Å².